The van der Waals surface area contributed by atoms with E-state index >= 15 is 0 Å². The maximum Gasteiger partial charge on any atom is 0.264 e. The molecule has 0 bridgehead atoms. The Morgan fingerprint density at radius 1 is 1.35 bits per heavy atom. The molecule has 2 rings (SSSR count). The SMILES string of the molecule is CCNCc1cc(OCc2nc(CC)no2)ccc1Br. The first-order valence-corrected chi connectivity index (χ1v) is 7.45. The zero-order chi connectivity index (χ0) is 14.4. The van der Waals surface area contributed by atoms with Crippen molar-refractivity contribution in [3.8, 4) is 5.75 Å². The molecule has 0 fully saturated rings. The van der Waals surface area contributed by atoms with Crippen molar-refractivity contribution >= 4 is 15.9 Å². The molecule has 0 saturated heterocycles. The van der Waals surface area contributed by atoms with Crippen LogP contribution in [0.15, 0.2) is 27.2 Å². The Kier molecular flexibility index (Phi) is 5.55. The molecule has 0 spiro atoms. The summed E-state index contributed by atoms with van der Waals surface area (Å²) in [6, 6.07) is 5.90. The van der Waals surface area contributed by atoms with Crippen molar-refractivity contribution in [2.45, 2.75) is 33.4 Å². The van der Waals surface area contributed by atoms with Crippen LogP contribution in [0.1, 0.15) is 31.1 Å². The zero-order valence-electron chi connectivity index (χ0n) is 11.6. The molecule has 20 heavy (non-hydrogen) atoms. The van der Waals surface area contributed by atoms with Gasteiger partial charge in [-0.1, -0.05) is 34.9 Å². The van der Waals surface area contributed by atoms with Gasteiger partial charge >= 0.3 is 0 Å². The van der Waals surface area contributed by atoms with E-state index in [9.17, 15) is 0 Å². The summed E-state index contributed by atoms with van der Waals surface area (Å²) >= 11 is 3.53. The highest BCUT2D eigenvalue weighted by Gasteiger charge is 2.07. The van der Waals surface area contributed by atoms with Crippen molar-refractivity contribution in [3.05, 3.63) is 40.0 Å². The Balaban J connectivity index is 1.98. The molecule has 0 aliphatic rings. The molecule has 0 aliphatic heterocycles. The first-order chi connectivity index (χ1) is 9.72. The second kappa shape index (κ2) is 7.40. The summed E-state index contributed by atoms with van der Waals surface area (Å²) in [4.78, 5) is 4.21. The van der Waals surface area contributed by atoms with Crippen LogP contribution in [0.25, 0.3) is 0 Å². The van der Waals surface area contributed by atoms with Gasteiger partial charge in [0, 0.05) is 17.4 Å². The third-order valence-electron chi connectivity index (χ3n) is 2.77. The normalized spacial score (nSPS) is 10.8. The van der Waals surface area contributed by atoms with Crippen LogP contribution < -0.4 is 10.1 Å². The summed E-state index contributed by atoms with van der Waals surface area (Å²) < 4.78 is 11.8. The fourth-order valence-electron chi connectivity index (χ4n) is 1.67. The molecule has 0 amide bonds. The van der Waals surface area contributed by atoms with Gasteiger partial charge in [-0.05, 0) is 30.3 Å². The standard InChI is InChI=1S/C14H18BrN3O2/c1-3-13-17-14(20-18-13)9-19-11-5-6-12(15)10(7-11)8-16-4-2/h5-7,16H,3-4,8-9H2,1-2H3. The zero-order valence-corrected chi connectivity index (χ0v) is 13.2. The van der Waals surface area contributed by atoms with E-state index in [0.717, 1.165) is 35.3 Å². The second-order valence-corrected chi connectivity index (χ2v) is 5.13. The van der Waals surface area contributed by atoms with Crippen LogP contribution in [0.5, 0.6) is 5.75 Å². The molecule has 1 aromatic heterocycles. The number of ether oxygens (including phenoxy) is 1. The highest BCUT2D eigenvalue weighted by Crippen LogP contribution is 2.23. The van der Waals surface area contributed by atoms with E-state index in [4.69, 9.17) is 9.26 Å². The fourth-order valence-corrected chi connectivity index (χ4v) is 2.06. The molecule has 0 radical (unpaired) electrons. The van der Waals surface area contributed by atoms with E-state index in [1.165, 1.54) is 0 Å². The Bertz CT molecular complexity index is 557. The lowest BCUT2D eigenvalue weighted by molar-refractivity contribution is 0.242. The second-order valence-electron chi connectivity index (χ2n) is 4.28. The molecule has 0 aliphatic carbocycles. The summed E-state index contributed by atoms with van der Waals surface area (Å²) in [7, 11) is 0. The summed E-state index contributed by atoms with van der Waals surface area (Å²) in [6.07, 6.45) is 0.759. The first kappa shape index (κ1) is 15.0. The number of hydrogen-bond donors (Lipinski definition) is 1. The van der Waals surface area contributed by atoms with Gasteiger partial charge < -0.3 is 14.6 Å². The van der Waals surface area contributed by atoms with Crippen LogP contribution in [-0.2, 0) is 19.6 Å². The van der Waals surface area contributed by atoms with Crippen LogP contribution in [0.3, 0.4) is 0 Å². The van der Waals surface area contributed by atoms with Gasteiger partial charge in [0.05, 0.1) is 0 Å². The van der Waals surface area contributed by atoms with Crippen molar-refractivity contribution in [1.82, 2.24) is 15.5 Å². The van der Waals surface area contributed by atoms with Crippen molar-refractivity contribution in [2.24, 2.45) is 0 Å². The maximum absolute atomic E-state index is 5.68. The van der Waals surface area contributed by atoms with Crippen LogP contribution in [-0.4, -0.2) is 16.7 Å². The van der Waals surface area contributed by atoms with Crippen molar-refractivity contribution in [3.63, 3.8) is 0 Å². The fraction of sp³-hybridized carbons (Fsp3) is 0.429. The van der Waals surface area contributed by atoms with E-state index in [1.54, 1.807) is 0 Å². The highest BCUT2D eigenvalue weighted by molar-refractivity contribution is 9.10. The summed E-state index contributed by atoms with van der Waals surface area (Å²) in [5.41, 5.74) is 1.16. The molecule has 108 valence electrons. The van der Waals surface area contributed by atoms with Gasteiger partial charge in [-0.2, -0.15) is 4.98 Å². The topological polar surface area (TPSA) is 60.2 Å². The molecule has 6 heteroatoms. The van der Waals surface area contributed by atoms with Crippen molar-refractivity contribution in [2.75, 3.05) is 6.54 Å². The Labute approximate surface area is 126 Å². The lowest BCUT2D eigenvalue weighted by atomic mass is 10.2. The molecule has 0 unspecified atom stereocenters. The first-order valence-electron chi connectivity index (χ1n) is 6.66. The van der Waals surface area contributed by atoms with Crippen LogP contribution in [0.2, 0.25) is 0 Å². The van der Waals surface area contributed by atoms with Crippen LogP contribution in [0, 0.1) is 0 Å². The number of rotatable bonds is 7. The summed E-state index contributed by atoms with van der Waals surface area (Å²) in [5, 5.41) is 7.13. The number of hydrogen-bond acceptors (Lipinski definition) is 5. The van der Waals surface area contributed by atoms with E-state index < -0.39 is 0 Å². The number of nitrogens with one attached hydrogen (secondary N) is 1. The van der Waals surface area contributed by atoms with E-state index in [0.29, 0.717) is 11.7 Å². The van der Waals surface area contributed by atoms with Gasteiger partial charge in [0.2, 0.25) is 0 Å². The van der Waals surface area contributed by atoms with Gasteiger partial charge in [0.1, 0.15) is 5.75 Å². The van der Waals surface area contributed by atoms with Gasteiger partial charge in [0.15, 0.2) is 12.4 Å². The summed E-state index contributed by atoms with van der Waals surface area (Å²) in [6.45, 7) is 6.08. The molecule has 1 aromatic carbocycles. The number of benzene rings is 1. The van der Waals surface area contributed by atoms with E-state index in [1.807, 2.05) is 25.1 Å². The van der Waals surface area contributed by atoms with Crippen LogP contribution >= 0.6 is 15.9 Å². The van der Waals surface area contributed by atoms with Gasteiger partial charge in [0.25, 0.3) is 5.89 Å². The lowest BCUT2D eigenvalue weighted by Crippen LogP contribution is -2.12. The minimum Gasteiger partial charge on any atom is -0.484 e. The minimum atomic E-state index is 0.287. The maximum atomic E-state index is 5.68. The van der Waals surface area contributed by atoms with E-state index in [2.05, 4.69) is 38.3 Å². The minimum absolute atomic E-state index is 0.287. The molecule has 1 heterocycles. The van der Waals surface area contributed by atoms with Crippen LogP contribution in [0.4, 0.5) is 0 Å². The molecule has 0 saturated carbocycles. The number of halogens is 1. The monoisotopic (exact) mass is 339 g/mol. The Morgan fingerprint density at radius 3 is 2.90 bits per heavy atom. The lowest BCUT2D eigenvalue weighted by Gasteiger charge is -2.09. The third-order valence-corrected chi connectivity index (χ3v) is 3.54. The smallest absolute Gasteiger partial charge is 0.264 e. The average Bonchev–Trinajstić information content (AvgIpc) is 2.93. The predicted octanol–water partition coefficient (Wildman–Crippen LogP) is 3.08. The number of aromatic nitrogens is 2. The Morgan fingerprint density at radius 2 is 2.20 bits per heavy atom. The average molecular weight is 340 g/mol. The molecular formula is C14H18BrN3O2. The van der Waals surface area contributed by atoms with Gasteiger partial charge in [-0.15, -0.1) is 0 Å². The molecule has 5 nitrogen and oxygen atoms in total. The quantitative estimate of drug-likeness (QED) is 0.839. The third kappa shape index (κ3) is 4.05. The summed E-state index contributed by atoms with van der Waals surface area (Å²) in [5.74, 6) is 1.99. The van der Waals surface area contributed by atoms with Gasteiger partial charge in [-0.25, -0.2) is 0 Å². The van der Waals surface area contributed by atoms with Crippen molar-refractivity contribution < 1.29 is 9.26 Å². The van der Waals surface area contributed by atoms with Gasteiger partial charge in [-0.3, -0.25) is 0 Å². The highest BCUT2D eigenvalue weighted by atomic mass is 79.9. The Hall–Kier alpha value is -1.40. The largest absolute Gasteiger partial charge is 0.484 e. The van der Waals surface area contributed by atoms with E-state index in [-0.39, 0.29) is 6.61 Å². The van der Waals surface area contributed by atoms with Crippen molar-refractivity contribution in [1.29, 1.82) is 0 Å². The molecular weight excluding hydrogens is 322 g/mol. The number of nitrogens with zero attached hydrogens (tertiary/aromatic N) is 2. The molecule has 0 atom stereocenters. The molecule has 2 aromatic rings. The predicted molar refractivity (Wildman–Crippen MR) is 79.5 cm³/mol. The molecule has 1 N–H and O–H groups in total. The number of aryl methyl sites for hydroxylation is 1.